The zero-order chi connectivity index (χ0) is 19.2. The maximum absolute atomic E-state index is 12.5. The van der Waals surface area contributed by atoms with Gasteiger partial charge in [-0.25, -0.2) is 0 Å². The Balaban J connectivity index is 1.56. The molecule has 5 nitrogen and oxygen atoms in total. The number of amides is 2. The van der Waals surface area contributed by atoms with Gasteiger partial charge >= 0.3 is 0 Å². The molecule has 0 aromatic heterocycles. The topological polar surface area (TPSA) is 67.4 Å². The van der Waals surface area contributed by atoms with Gasteiger partial charge in [-0.1, -0.05) is 37.3 Å². The molecule has 0 saturated carbocycles. The van der Waals surface area contributed by atoms with E-state index < -0.39 is 0 Å². The van der Waals surface area contributed by atoms with Crippen molar-refractivity contribution in [2.45, 2.75) is 39.3 Å². The number of rotatable bonds is 6. The highest BCUT2D eigenvalue weighted by Gasteiger charge is 2.25. The zero-order valence-corrected chi connectivity index (χ0v) is 15.8. The lowest BCUT2D eigenvalue weighted by Gasteiger charge is -2.24. The van der Waals surface area contributed by atoms with Crippen molar-refractivity contribution in [2.24, 2.45) is 5.92 Å². The standard InChI is InChI=1S/C22H26N2O3/c1-3-15(2)24-22(26)18-9-6-7-16(11-18)13-23-21(25)19-12-17-8-4-5-10-20(17)27-14-19/h4-11,15,19H,3,12-14H2,1-2H3,(H,23,25)(H,24,26)/t15-,19+/m1/s1. The highest BCUT2D eigenvalue weighted by atomic mass is 16.5. The Morgan fingerprint density at radius 1 is 1.19 bits per heavy atom. The van der Waals surface area contributed by atoms with E-state index in [-0.39, 0.29) is 23.8 Å². The molecule has 142 valence electrons. The van der Waals surface area contributed by atoms with Crippen LogP contribution in [0.15, 0.2) is 48.5 Å². The summed E-state index contributed by atoms with van der Waals surface area (Å²) in [5, 5.41) is 5.92. The Labute approximate surface area is 160 Å². The summed E-state index contributed by atoms with van der Waals surface area (Å²) in [5.74, 6) is 0.548. The normalized spacial score (nSPS) is 16.6. The number of hydrogen-bond acceptors (Lipinski definition) is 3. The molecule has 2 amide bonds. The largest absolute Gasteiger partial charge is 0.492 e. The Morgan fingerprint density at radius 2 is 2.00 bits per heavy atom. The first-order valence-corrected chi connectivity index (χ1v) is 9.45. The van der Waals surface area contributed by atoms with Crippen molar-refractivity contribution in [3.8, 4) is 5.75 Å². The number of para-hydroxylation sites is 1. The van der Waals surface area contributed by atoms with Gasteiger partial charge in [-0.05, 0) is 49.1 Å². The zero-order valence-electron chi connectivity index (χ0n) is 15.8. The molecule has 0 bridgehead atoms. The number of benzene rings is 2. The molecule has 1 aliphatic heterocycles. The van der Waals surface area contributed by atoms with Crippen LogP contribution < -0.4 is 15.4 Å². The molecule has 1 aliphatic rings. The van der Waals surface area contributed by atoms with Gasteiger partial charge in [0.15, 0.2) is 0 Å². The van der Waals surface area contributed by atoms with Crippen LogP contribution in [0.5, 0.6) is 5.75 Å². The summed E-state index contributed by atoms with van der Waals surface area (Å²) in [6.45, 7) is 4.79. The van der Waals surface area contributed by atoms with E-state index in [1.807, 2.05) is 56.3 Å². The lowest BCUT2D eigenvalue weighted by atomic mass is 9.96. The van der Waals surface area contributed by atoms with E-state index in [1.165, 1.54) is 0 Å². The molecule has 0 spiro atoms. The quantitative estimate of drug-likeness (QED) is 0.826. The van der Waals surface area contributed by atoms with Crippen LogP contribution in [-0.4, -0.2) is 24.5 Å². The highest BCUT2D eigenvalue weighted by molar-refractivity contribution is 5.94. The number of hydrogen-bond donors (Lipinski definition) is 2. The second-order valence-corrected chi connectivity index (χ2v) is 7.02. The third kappa shape index (κ3) is 4.88. The summed E-state index contributed by atoms with van der Waals surface area (Å²) in [4.78, 5) is 24.8. The molecule has 2 aromatic carbocycles. The molecular formula is C22H26N2O3. The van der Waals surface area contributed by atoms with Gasteiger partial charge in [-0.2, -0.15) is 0 Å². The molecule has 0 unspecified atom stereocenters. The molecular weight excluding hydrogens is 340 g/mol. The van der Waals surface area contributed by atoms with Crippen LogP contribution in [0.25, 0.3) is 0 Å². The van der Waals surface area contributed by atoms with Crippen LogP contribution in [0.2, 0.25) is 0 Å². The summed E-state index contributed by atoms with van der Waals surface area (Å²) in [7, 11) is 0. The maximum Gasteiger partial charge on any atom is 0.251 e. The van der Waals surface area contributed by atoms with Gasteiger partial charge < -0.3 is 15.4 Å². The number of ether oxygens (including phenoxy) is 1. The van der Waals surface area contributed by atoms with Gasteiger partial charge in [0.2, 0.25) is 5.91 Å². The minimum Gasteiger partial charge on any atom is -0.492 e. The van der Waals surface area contributed by atoms with E-state index in [0.29, 0.717) is 25.1 Å². The van der Waals surface area contributed by atoms with E-state index >= 15 is 0 Å². The minimum absolute atomic E-state index is 0.0287. The maximum atomic E-state index is 12.5. The smallest absolute Gasteiger partial charge is 0.251 e. The molecule has 0 aliphatic carbocycles. The third-order valence-corrected chi connectivity index (χ3v) is 4.90. The van der Waals surface area contributed by atoms with Gasteiger partial charge in [0, 0.05) is 18.2 Å². The van der Waals surface area contributed by atoms with Gasteiger partial charge in [-0.15, -0.1) is 0 Å². The van der Waals surface area contributed by atoms with Crippen molar-refractivity contribution in [2.75, 3.05) is 6.61 Å². The average molecular weight is 366 g/mol. The fourth-order valence-corrected chi connectivity index (χ4v) is 3.06. The number of nitrogens with one attached hydrogen (secondary N) is 2. The van der Waals surface area contributed by atoms with E-state index in [4.69, 9.17) is 4.74 Å². The van der Waals surface area contributed by atoms with E-state index in [1.54, 1.807) is 6.07 Å². The molecule has 0 fully saturated rings. The second kappa shape index (κ2) is 8.71. The lowest BCUT2D eigenvalue weighted by molar-refractivity contribution is -0.126. The molecule has 2 aromatic rings. The lowest BCUT2D eigenvalue weighted by Crippen LogP contribution is -2.37. The highest BCUT2D eigenvalue weighted by Crippen LogP contribution is 2.26. The van der Waals surface area contributed by atoms with Crippen molar-refractivity contribution in [3.05, 3.63) is 65.2 Å². The van der Waals surface area contributed by atoms with Gasteiger partial charge in [0.1, 0.15) is 12.4 Å². The van der Waals surface area contributed by atoms with Crippen LogP contribution in [0.3, 0.4) is 0 Å². The average Bonchev–Trinajstić information content (AvgIpc) is 2.71. The number of carbonyl (C=O) groups is 2. The molecule has 2 N–H and O–H groups in total. The van der Waals surface area contributed by atoms with Gasteiger partial charge in [-0.3, -0.25) is 9.59 Å². The molecule has 0 radical (unpaired) electrons. The molecule has 2 atom stereocenters. The van der Waals surface area contributed by atoms with Crippen LogP contribution >= 0.6 is 0 Å². The molecule has 1 heterocycles. The van der Waals surface area contributed by atoms with Crippen molar-refractivity contribution >= 4 is 11.8 Å². The fraction of sp³-hybridized carbons (Fsp3) is 0.364. The van der Waals surface area contributed by atoms with Gasteiger partial charge in [0.05, 0.1) is 5.92 Å². The first-order chi connectivity index (χ1) is 13.1. The summed E-state index contributed by atoms with van der Waals surface area (Å²) in [6.07, 6.45) is 1.56. The summed E-state index contributed by atoms with van der Waals surface area (Å²) in [6, 6.07) is 15.3. The molecule has 5 heteroatoms. The van der Waals surface area contributed by atoms with Crippen LogP contribution in [-0.2, 0) is 17.8 Å². The van der Waals surface area contributed by atoms with Crippen molar-refractivity contribution in [3.63, 3.8) is 0 Å². The second-order valence-electron chi connectivity index (χ2n) is 7.02. The van der Waals surface area contributed by atoms with Crippen molar-refractivity contribution in [1.29, 1.82) is 0 Å². The van der Waals surface area contributed by atoms with Gasteiger partial charge in [0.25, 0.3) is 5.91 Å². The Kier molecular flexibility index (Phi) is 6.12. The van der Waals surface area contributed by atoms with E-state index in [0.717, 1.165) is 23.3 Å². The van der Waals surface area contributed by atoms with E-state index in [9.17, 15) is 9.59 Å². The van der Waals surface area contributed by atoms with Crippen molar-refractivity contribution in [1.82, 2.24) is 10.6 Å². The molecule has 3 rings (SSSR count). The molecule has 27 heavy (non-hydrogen) atoms. The number of fused-ring (bicyclic) bond motifs is 1. The predicted molar refractivity (Wildman–Crippen MR) is 105 cm³/mol. The SMILES string of the molecule is CC[C@@H](C)NC(=O)c1cccc(CNC(=O)[C@@H]2COc3ccccc3C2)c1. The Hall–Kier alpha value is -2.82. The third-order valence-electron chi connectivity index (χ3n) is 4.90. The predicted octanol–water partition coefficient (Wildman–Crippen LogP) is 3.08. The van der Waals surface area contributed by atoms with Crippen molar-refractivity contribution < 1.29 is 14.3 Å². The van der Waals surface area contributed by atoms with Crippen LogP contribution in [0.1, 0.15) is 41.8 Å². The Morgan fingerprint density at radius 3 is 2.81 bits per heavy atom. The fourth-order valence-electron chi connectivity index (χ4n) is 3.06. The van der Waals surface area contributed by atoms with E-state index in [2.05, 4.69) is 10.6 Å². The summed E-state index contributed by atoms with van der Waals surface area (Å²) >= 11 is 0. The Bertz CT molecular complexity index is 819. The molecule has 0 saturated heterocycles. The van der Waals surface area contributed by atoms with Crippen LogP contribution in [0, 0.1) is 5.92 Å². The monoisotopic (exact) mass is 366 g/mol. The van der Waals surface area contributed by atoms with Crippen LogP contribution in [0.4, 0.5) is 0 Å². The number of carbonyl (C=O) groups excluding carboxylic acids is 2. The minimum atomic E-state index is -0.197. The summed E-state index contributed by atoms with van der Waals surface area (Å²) in [5.41, 5.74) is 2.57. The summed E-state index contributed by atoms with van der Waals surface area (Å²) < 4.78 is 5.69. The first-order valence-electron chi connectivity index (χ1n) is 9.45. The first kappa shape index (κ1) is 19.0.